The zero-order valence-electron chi connectivity index (χ0n) is 25.7. The normalized spacial score (nSPS) is 11.5. The Kier molecular flexibility index (Phi) is 9.39. The summed E-state index contributed by atoms with van der Waals surface area (Å²) in [5.41, 5.74) is 9.09. The molecule has 0 atom stereocenters. The lowest BCUT2D eigenvalue weighted by molar-refractivity contribution is 0.100. The number of carbonyl (C=O) groups excluding carboxylic acids is 1. The third-order valence-corrected chi connectivity index (χ3v) is 6.83. The molecule has 0 spiro atoms. The number of nitrogens with zero attached hydrogens (tertiary/aromatic N) is 6. The summed E-state index contributed by atoms with van der Waals surface area (Å²) in [4.78, 5) is 28.3. The molecule has 0 radical (unpaired) electrons. The van der Waals surface area contributed by atoms with Crippen LogP contribution in [0.2, 0.25) is 0 Å². The van der Waals surface area contributed by atoms with Gasteiger partial charge in [-0.05, 0) is 36.1 Å². The van der Waals surface area contributed by atoms with Crippen LogP contribution in [0.15, 0.2) is 65.5 Å². The number of nitrogens with two attached hydrogens (primary N) is 1. The number of oxazole rings is 1. The van der Waals surface area contributed by atoms with Gasteiger partial charge >= 0.3 is 0 Å². The highest BCUT2D eigenvalue weighted by Gasteiger charge is 2.19. The van der Waals surface area contributed by atoms with Crippen LogP contribution in [0.3, 0.4) is 0 Å². The molecule has 12 heteroatoms. The monoisotopic (exact) mass is 597 g/mol. The molecule has 44 heavy (non-hydrogen) atoms. The number of methoxy groups -OCH3 is 1. The highest BCUT2D eigenvalue weighted by molar-refractivity contribution is 5.98. The topological polar surface area (TPSA) is 149 Å². The van der Waals surface area contributed by atoms with Crippen molar-refractivity contribution < 1.29 is 13.9 Å². The van der Waals surface area contributed by atoms with Gasteiger partial charge < -0.3 is 30.4 Å². The van der Waals surface area contributed by atoms with Crippen molar-refractivity contribution in [3.8, 4) is 17.2 Å². The number of ether oxygens (including phenoxy) is 1. The van der Waals surface area contributed by atoms with E-state index in [0.29, 0.717) is 40.3 Å². The fraction of sp³-hybridized carbons (Fsp3) is 0.344. The first-order chi connectivity index (χ1) is 21.2. The van der Waals surface area contributed by atoms with Crippen molar-refractivity contribution in [2.45, 2.75) is 34.2 Å². The molecule has 0 aliphatic rings. The van der Waals surface area contributed by atoms with Crippen molar-refractivity contribution in [1.29, 1.82) is 0 Å². The van der Waals surface area contributed by atoms with E-state index in [1.807, 2.05) is 47.3 Å². The summed E-state index contributed by atoms with van der Waals surface area (Å²) in [7, 11) is 1.55. The second-order valence-corrected chi connectivity index (χ2v) is 11.5. The Morgan fingerprint density at radius 1 is 1.02 bits per heavy atom. The SMILES string of the molecule is COc1c(Nc2nc(Nc3cnn(CCN(CC(C)C)CC(C)C)c3)ncc2C(N)=O)cccc1-c1nc2ccccc2o1. The van der Waals surface area contributed by atoms with Crippen molar-refractivity contribution in [3.63, 3.8) is 0 Å². The average Bonchev–Trinajstić information content (AvgIpc) is 3.62. The Hall–Kier alpha value is -4.97. The highest BCUT2D eigenvalue weighted by atomic mass is 16.5. The summed E-state index contributed by atoms with van der Waals surface area (Å²) < 4.78 is 13.6. The first-order valence-corrected chi connectivity index (χ1v) is 14.7. The van der Waals surface area contributed by atoms with Crippen LogP contribution in [0.4, 0.5) is 23.1 Å². The fourth-order valence-electron chi connectivity index (χ4n) is 5.07. The molecule has 2 aromatic carbocycles. The van der Waals surface area contributed by atoms with Gasteiger partial charge in [0.05, 0.1) is 36.8 Å². The third-order valence-electron chi connectivity index (χ3n) is 6.83. The molecule has 5 aromatic rings. The largest absolute Gasteiger partial charge is 0.494 e. The number of hydrogen-bond acceptors (Lipinski definition) is 10. The van der Waals surface area contributed by atoms with E-state index in [4.69, 9.17) is 14.9 Å². The Morgan fingerprint density at radius 2 is 1.80 bits per heavy atom. The van der Waals surface area contributed by atoms with Gasteiger partial charge in [-0.25, -0.2) is 9.97 Å². The van der Waals surface area contributed by atoms with Crippen molar-refractivity contribution in [2.75, 3.05) is 37.4 Å². The van der Waals surface area contributed by atoms with Gasteiger partial charge in [0.1, 0.15) is 16.9 Å². The number of para-hydroxylation sites is 3. The molecule has 1 amide bonds. The van der Waals surface area contributed by atoms with Gasteiger partial charge in [0.2, 0.25) is 11.8 Å². The molecule has 0 saturated carbocycles. The van der Waals surface area contributed by atoms with Crippen LogP contribution in [-0.4, -0.2) is 62.3 Å². The molecule has 230 valence electrons. The van der Waals surface area contributed by atoms with E-state index >= 15 is 0 Å². The molecule has 3 aromatic heterocycles. The van der Waals surface area contributed by atoms with Gasteiger partial charge in [0.25, 0.3) is 5.91 Å². The van der Waals surface area contributed by atoms with Crippen LogP contribution >= 0.6 is 0 Å². The maximum atomic E-state index is 12.3. The molecule has 0 aliphatic heterocycles. The quantitative estimate of drug-likeness (QED) is 0.146. The minimum atomic E-state index is -0.673. The van der Waals surface area contributed by atoms with Crippen molar-refractivity contribution in [2.24, 2.45) is 17.6 Å². The fourth-order valence-corrected chi connectivity index (χ4v) is 5.07. The first kappa shape index (κ1) is 30.5. The van der Waals surface area contributed by atoms with Crippen LogP contribution in [0, 0.1) is 11.8 Å². The van der Waals surface area contributed by atoms with Crippen LogP contribution < -0.4 is 21.1 Å². The van der Waals surface area contributed by atoms with Crippen LogP contribution in [0.25, 0.3) is 22.6 Å². The Bertz CT molecular complexity index is 1680. The van der Waals surface area contributed by atoms with Gasteiger partial charge in [0.15, 0.2) is 11.3 Å². The lowest BCUT2D eigenvalue weighted by Gasteiger charge is -2.25. The summed E-state index contributed by atoms with van der Waals surface area (Å²) in [6.45, 7) is 12.7. The highest BCUT2D eigenvalue weighted by Crippen LogP contribution is 2.38. The summed E-state index contributed by atoms with van der Waals surface area (Å²) in [5.74, 6) is 1.87. The van der Waals surface area contributed by atoms with E-state index in [2.05, 4.69) is 63.3 Å². The second-order valence-electron chi connectivity index (χ2n) is 11.5. The molecule has 0 saturated heterocycles. The number of hydrogen-bond donors (Lipinski definition) is 3. The molecule has 3 heterocycles. The van der Waals surface area contributed by atoms with Crippen molar-refractivity contribution in [3.05, 3.63) is 66.6 Å². The number of nitrogens with one attached hydrogen (secondary N) is 2. The summed E-state index contributed by atoms with van der Waals surface area (Å²) in [5, 5.41) is 10.9. The van der Waals surface area contributed by atoms with E-state index in [0.717, 1.165) is 37.4 Å². The lowest BCUT2D eigenvalue weighted by Crippen LogP contribution is -2.34. The molecule has 4 N–H and O–H groups in total. The van der Waals surface area contributed by atoms with E-state index in [1.54, 1.807) is 19.4 Å². The van der Waals surface area contributed by atoms with Crippen LogP contribution in [-0.2, 0) is 6.54 Å². The number of rotatable bonds is 14. The number of carbonyl (C=O) groups is 1. The summed E-state index contributed by atoms with van der Waals surface area (Å²) in [6.07, 6.45) is 5.02. The second kappa shape index (κ2) is 13.6. The number of aromatic nitrogens is 5. The molecule has 0 unspecified atom stereocenters. The molecule has 0 aliphatic carbocycles. The lowest BCUT2D eigenvalue weighted by atomic mass is 10.1. The number of amides is 1. The first-order valence-electron chi connectivity index (χ1n) is 14.7. The van der Waals surface area contributed by atoms with E-state index in [9.17, 15) is 4.79 Å². The van der Waals surface area contributed by atoms with E-state index in [1.165, 1.54) is 6.20 Å². The zero-order valence-corrected chi connectivity index (χ0v) is 25.7. The zero-order chi connectivity index (χ0) is 31.2. The number of fused-ring (bicyclic) bond motifs is 1. The summed E-state index contributed by atoms with van der Waals surface area (Å²) >= 11 is 0. The number of benzene rings is 2. The van der Waals surface area contributed by atoms with Gasteiger partial charge in [-0.15, -0.1) is 0 Å². The molecule has 0 fully saturated rings. The standard InChI is InChI=1S/C32H39N9O3/c1-20(2)17-40(18-21(3)4)13-14-41-19-22(15-35-41)36-32-34-16-24(29(33)42)30(39-32)37-26-11-8-9-23(28(26)43-5)31-38-25-10-6-7-12-27(25)44-31/h6-12,15-16,19-21H,13-14,17-18H2,1-5H3,(H2,33,42)(H2,34,36,37,39). The minimum absolute atomic E-state index is 0.121. The minimum Gasteiger partial charge on any atom is -0.494 e. The van der Waals surface area contributed by atoms with E-state index < -0.39 is 5.91 Å². The van der Waals surface area contributed by atoms with Crippen LogP contribution in [0.1, 0.15) is 38.1 Å². The van der Waals surface area contributed by atoms with Crippen LogP contribution in [0.5, 0.6) is 5.75 Å². The van der Waals surface area contributed by atoms with Gasteiger partial charge in [0, 0.05) is 32.0 Å². The number of primary amides is 1. The maximum Gasteiger partial charge on any atom is 0.254 e. The maximum absolute atomic E-state index is 12.3. The molecular weight excluding hydrogens is 558 g/mol. The van der Waals surface area contributed by atoms with Crippen molar-refractivity contribution in [1.82, 2.24) is 29.6 Å². The average molecular weight is 598 g/mol. The van der Waals surface area contributed by atoms with Gasteiger partial charge in [-0.1, -0.05) is 45.9 Å². The molecular formula is C32H39N9O3. The Morgan fingerprint density at radius 3 is 2.50 bits per heavy atom. The van der Waals surface area contributed by atoms with Crippen molar-refractivity contribution >= 4 is 40.1 Å². The predicted molar refractivity (Wildman–Crippen MR) is 171 cm³/mol. The van der Waals surface area contributed by atoms with Gasteiger partial charge in [-0.2, -0.15) is 10.1 Å². The number of anilines is 4. The molecule has 0 bridgehead atoms. The Labute approximate surface area is 256 Å². The van der Waals surface area contributed by atoms with Gasteiger partial charge in [-0.3, -0.25) is 9.48 Å². The Balaban J connectivity index is 1.35. The summed E-state index contributed by atoms with van der Waals surface area (Å²) in [6, 6.07) is 13.0. The smallest absolute Gasteiger partial charge is 0.254 e. The van der Waals surface area contributed by atoms with E-state index in [-0.39, 0.29) is 17.3 Å². The molecule has 12 nitrogen and oxygen atoms in total. The third kappa shape index (κ3) is 7.32. The predicted octanol–water partition coefficient (Wildman–Crippen LogP) is 5.69. The molecule has 5 rings (SSSR count).